The van der Waals surface area contributed by atoms with E-state index in [-0.39, 0.29) is 6.09 Å². The van der Waals surface area contributed by atoms with E-state index in [4.69, 9.17) is 4.84 Å². The Morgan fingerprint density at radius 3 is 2.04 bits per heavy atom. The van der Waals surface area contributed by atoms with Crippen molar-refractivity contribution in [3.05, 3.63) is 44.8 Å². The third kappa shape index (κ3) is 3.50. The van der Waals surface area contributed by atoms with Crippen LogP contribution in [0.1, 0.15) is 29.0 Å². The summed E-state index contributed by atoms with van der Waals surface area (Å²) in [6, 6.07) is 8.23. The Bertz CT molecular complexity index is 611. The van der Waals surface area contributed by atoms with Gasteiger partial charge in [0.05, 0.1) is 13.1 Å². The predicted octanol–water partition coefficient (Wildman–Crippen LogP) is 4.49. The smallest absolute Gasteiger partial charge is 0.293 e. The molecule has 5 heterocycles. The topological polar surface area (TPSA) is 29.5 Å². The Morgan fingerprint density at radius 2 is 1.58 bits per heavy atom. The molecule has 0 radical (unpaired) electrons. The lowest BCUT2D eigenvalue weighted by molar-refractivity contribution is -1.10. The van der Waals surface area contributed by atoms with E-state index >= 15 is 0 Å². The maximum Gasteiger partial charge on any atom is 0.465 e. The van der Waals surface area contributed by atoms with Crippen molar-refractivity contribution in [1.29, 1.82) is 0 Å². The molecule has 0 spiro atoms. The Hall–Kier alpha value is -1.37. The number of rotatable bonds is 5. The van der Waals surface area contributed by atoms with E-state index in [2.05, 4.69) is 22.9 Å². The van der Waals surface area contributed by atoms with Gasteiger partial charge in [0, 0.05) is 29.0 Å². The predicted molar refractivity (Wildman–Crippen MR) is 96.6 cm³/mol. The lowest BCUT2D eigenvalue weighted by atomic mass is 9.88. The molecule has 2 bridgehead atoms. The highest BCUT2D eigenvalue weighted by Gasteiger charge is 2.44. The van der Waals surface area contributed by atoms with Crippen molar-refractivity contribution >= 4 is 28.8 Å². The summed E-state index contributed by atoms with van der Waals surface area (Å²) in [5, 5.41) is 4.11. The second-order valence-corrected chi connectivity index (χ2v) is 8.90. The molecule has 0 unspecified atom stereocenters. The number of hydrogen-bond donors (Lipinski definition) is 0. The van der Waals surface area contributed by atoms with E-state index in [1.54, 1.807) is 22.7 Å². The fraction of sp³-hybridized carbons (Fsp3) is 0.500. The molecular weight excluding hydrogens is 340 g/mol. The Morgan fingerprint density at radius 1 is 1.04 bits per heavy atom. The first kappa shape index (κ1) is 16.1. The van der Waals surface area contributed by atoms with Crippen molar-refractivity contribution in [2.45, 2.75) is 32.4 Å². The summed E-state index contributed by atoms with van der Waals surface area (Å²) in [6.45, 7) is 4.21. The second kappa shape index (κ2) is 6.86. The highest BCUT2D eigenvalue weighted by atomic mass is 32.1. The lowest BCUT2D eigenvalue weighted by Crippen LogP contribution is -2.59. The number of amides is 1. The Kier molecular flexibility index (Phi) is 4.61. The van der Waals surface area contributed by atoms with Crippen molar-refractivity contribution in [1.82, 2.24) is 4.90 Å². The van der Waals surface area contributed by atoms with E-state index in [1.807, 2.05) is 17.0 Å². The van der Waals surface area contributed by atoms with Crippen LogP contribution in [0.5, 0.6) is 0 Å². The third-order valence-corrected chi connectivity index (χ3v) is 6.94. The molecule has 24 heavy (non-hydrogen) atoms. The molecule has 1 amide bonds. The van der Waals surface area contributed by atoms with Gasteiger partial charge in [0.2, 0.25) is 0 Å². The van der Waals surface area contributed by atoms with Gasteiger partial charge in [-0.05, 0) is 28.8 Å². The molecule has 4 nitrogen and oxygen atoms in total. The molecule has 6 heteroatoms. The standard InChI is InChI=1S/C18H23N2O2S2/c21-18(22-20-8-5-15(6-9-20)7-10-20)19(13-16-3-1-11-23-16)14-17-4-2-12-24-17/h1-4,11-12,15H,5-10,13-14H2/q+1. The highest BCUT2D eigenvalue weighted by molar-refractivity contribution is 7.10. The van der Waals surface area contributed by atoms with Crippen LogP contribution in [0, 0.1) is 5.92 Å². The minimum atomic E-state index is -0.169. The molecule has 3 saturated heterocycles. The second-order valence-electron chi connectivity index (χ2n) is 6.83. The normalized spacial score (nSPS) is 25.6. The molecule has 0 N–H and O–H groups in total. The zero-order valence-corrected chi connectivity index (χ0v) is 15.4. The number of hydrogen-bond acceptors (Lipinski definition) is 4. The largest absolute Gasteiger partial charge is 0.465 e. The molecule has 5 rings (SSSR count). The van der Waals surface area contributed by atoms with Crippen LogP contribution in [0.15, 0.2) is 35.0 Å². The molecule has 3 aliphatic heterocycles. The summed E-state index contributed by atoms with van der Waals surface area (Å²) in [5.41, 5.74) is 0. The van der Waals surface area contributed by atoms with Crippen LogP contribution in [-0.2, 0) is 17.9 Å². The lowest BCUT2D eigenvalue weighted by Gasteiger charge is -2.45. The molecule has 2 aromatic rings. The van der Waals surface area contributed by atoms with Gasteiger partial charge in [-0.1, -0.05) is 12.1 Å². The first-order chi connectivity index (χ1) is 11.7. The van der Waals surface area contributed by atoms with E-state index in [9.17, 15) is 4.79 Å². The van der Waals surface area contributed by atoms with Crippen molar-refractivity contribution in [3.8, 4) is 0 Å². The maximum absolute atomic E-state index is 12.9. The average Bonchev–Trinajstić information content (AvgIpc) is 3.29. The van der Waals surface area contributed by atoms with Crippen LogP contribution < -0.4 is 0 Å². The monoisotopic (exact) mass is 363 g/mol. The zero-order chi connectivity index (χ0) is 16.4. The molecule has 3 fully saturated rings. The third-order valence-electron chi connectivity index (χ3n) is 5.22. The van der Waals surface area contributed by atoms with Gasteiger partial charge in [0.15, 0.2) is 0 Å². The summed E-state index contributed by atoms with van der Waals surface area (Å²) in [6.07, 6.45) is 3.42. The van der Waals surface area contributed by atoms with Gasteiger partial charge in [0.1, 0.15) is 19.6 Å². The average molecular weight is 364 g/mol. The van der Waals surface area contributed by atoms with Gasteiger partial charge in [-0.3, -0.25) is 9.74 Å². The number of fused-ring (bicyclic) bond motifs is 3. The summed E-state index contributed by atoms with van der Waals surface area (Å²) in [5.74, 6) is 0.858. The van der Waals surface area contributed by atoms with Crippen LogP contribution in [0.25, 0.3) is 0 Å². The molecule has 2 aromatic heterocycles. The van der Waals surface area contributed by atoms with Crippen LogP contribution in [0.4, 0.5) is 4.79 Å². The molecule has 0 atom stereocenters. The number of nitrogens with zero attached hydrogens (tertiary/aromatic N) is 2. The van der Waals surface area contributed by atoms with E-state index in [0.29, 0.717) is 17.7 Å². The fourth-order valence-electron chi connectivity index (χ4n) is 3.75. The summed E-state index contributed by atoms with van der Waals surface area (Å²) >= 11 is 3.38. The maximum atomic E-state index is 12.9. The van der Waals surface area contributed by atoms with Gasteiger partial charge in [0.25, 0.3) is 0 Å². The summed E-state index contributed by atoms with van der Waals surface area (Å²) in [7, 11) is 0. The summed E-state index contributed by atoms with van der Waals surface area (Å²) in [4.78, 5) is 23.2. The zero-order valence-electron chi connectivity index (χ0n) is 13.7. The van der Waals surface area contributed by atoms with Gasteiger partial charge in [-0.15, -0.1) is 27.3 Å². The minimum Gasteiger partial charge on any atom is -0.293 e. The van der Waals surface area contributed by atoms with Gasteiger partial charge in [-0.2, -0.15) is 0 Å². The molecule has 128 valence electrons. The number of quaternary nitrogens is 1. The van der Waals surface area contributed by atoms with Gasteiger partial charge >= 0.3 is 6.09 Å². The van der Waals surface area contributed by atoms with Crippen molar-refractivity contribution < 1.29 is 14.3 Å². The Labute approximate surface area is 150 Å². The van der Waals surface area contributed by atoms with Crippen molar-refractivity contribution in [2.24, 2.45) is 5.92 Å². The molecule has 0 aromatic carbocycles. The molecule has 0 saturated carbocycles. The van der Waals surface area contributed by atoms with Crippen molar-refractivity contribution in [3.63, 3.8) is 0 Å². The van der Waals surface area contributed by atoms with E-state index in [0.717, 1.165) is 25.6 Å². The molecular formula is C18H23N2O2S2+. The summed E-state index contributed by atoms with van der Waals surface area (Å²) < 4.78 is 0.542. The van der Waals surface area contributed by atoms with Crippen LogP contribution in [0.3, 0.4) is 0 Å². The number of thiophene rings is 2. The number of hydroxylamine groups is 3. The first-order valence-electron chi connectivity index (χ1n) is 8.62. The first-order valence-corrected chi connectivity index (χ1v) is 10.4. The Balaban J connectivity index is 1.47. The van der Waals surface area contributed by atoms with Crippen LogP contribution in [0.2, 0.25) is 0 Å². The van der Waals surface area contributed by atoms with Gasteiger partial charge in [-0.25, -0.2) is 4.79 Å². The quantitative estimate of drug-likeness (QED) is 0.732. The SMILES string of the molecule is O=C(O[N+]12CCC(CC1)CC2)N(Cc1cccs1)Cc1cccs1. The molecule has 0 aliphatic carbocycles. The number of piperidine rings is 3. The molecule has 3 aliphatic rings. The van der Waals surface area contributed by atoms with Crippen molar-refractivity contribution in [2.75, 3.05) is 19.6 Å². The fourth-order valence-corrected chi connectivity index (χ4v) is 5.19. The van der Waals surface area contributed by atoms with Crippen LogP contribution >= 0.6 is 22.7 Å². The van der Waals surface area contributed by atoms with E-state index in [1.165, 1.54) is 29.0 Å². The van der Waals surface area contributed by atoms with Gasteiger partial charge < -0.3 is 0 Å². The minimum absolute atomic E-state index is 0.169. The number of carbonyl (C=O) groups is 1. The highest BCUT2D eigenvalue weighted by Crippen LogP contribution is 2.34. The van der Waals surface area contributed by atoms with E-state index < -0.39 is 0 Å². The number of carbonyl (C=O) groups excluding carboxylic acids is 1. The van der Waals surface area contributed by atoms with Crippen LogP contribution in [-0.4, -0.2) is 35.3 Å².